The Labute approximate surface area is 132 Å². The molecule has 0 aliphatic rings. The van der Waals surface area contributed by atoms with E-state index in [1.165, 1.54) is 0 Å². The fourth-order valence-electron chi connectivity index (χ4n) is 1.40. The van der Waals surface area contributed by atoms with Gasteiger partial charge < -0.3 is 13.8 Å². The van der Waals surface area contributed by atoms with Crippen molar-refractivity contribution in [3.8, 4) is 17.2 Å². The van der Waals surface area contributed by atoms with Crippen LogP contribution in [-0.4, -0.2) is 7.11 Å². The molecule has 0 saturated heterocycles. The van der Waals surface area contributed by atoms with E-state index >= 15 is 0 Å². The highest BCUT2D eigenvalue weighted by Gasteiger charge is 2.18. The van der Waals surface area contributed by atoms with Crippen molar-refractivity contribution in [3.63, 3.8) is 0 Å². The third-order valence-electron chi connectivity index (χ3n) is 2.30. The predicted molar refractivity (Wildman–Crippen MR) is 85.8 cm³/mol. The summed E-state index contributed by atoms with van der Waals surface area (Å²) in [6.07, 6.45) is 0. The number of hydrogen-bond acceptors (Lipinski definition) is 4. The van der Waals surface area contributed by atoms with Gasteiger partial charge in [-0.25, -0.2) is 0 Å². The zero-order valence-electron chi connectivity index (χ0n) is 10.5. The summed E-state index contributed by atoms with van der Waals surface area (Å²) in [6.45, 7) is 0. The predicted octanol–water partition coefficient (Wildman–Crippen LogP) is 5.27. The van der Waals surface area contributed by atoms with Crippen molar-refractivity contribution in [2.45, 2.75) is 0 Å². The Morgan fingerprint density at radius 2 is 1.25 bits per heavy atom. The first kappa shape index (κ1) is 15.5. The first-order valence-electron chi connectivity index (χ1n) is 5.57. The van der Waals surface area contributed by atoms with Crippen LogP contribution in [0.25, 0.3) is 0 Å². The van der Waals surface area contributed by atoms with Gasteiger partial charge in [0.15, 0.2) is 0 Å². The summed E-state index contributed by atoms with van der Waals surface area (Å²) in [6, 6.07) is 13.7. The number of ether oxygens (including phenoxy) is 1. The lowest BCUT2D eigenvalue weighted by atomic mass is 10.3. The van der Waals surface area contributed by atoms with Gasteiger partial charge >= 0.3 is 5.84 Å². The Morgan fingerprint density at radius 3 is 1.70 bits per heavy atom. The number of rotatable bonds is 5. The third-order valence-corrected chi connectivity index (χ3v) is 4.27. The minimum Gasteiger partial charge on any atom is -0.497 e. The molecule has 0 heterocycles. The zero-order chi connectivity index (χ0) is 14.6. The summed E-state index contributed by atoms with van der Waals surface area (Å²) in [7, 11) is 1.59. The maximum Gasteiger partial charge on any atom is 0.384 e. The maximum absolute atomic E-state index is 6.14. The van der Waals surface area contributed by atoms with Crippen LogP contribution in [0.1, 0.15) is 0 Å². The number of benzene rings is 2. The molecule has 2 aromatic rings. The largest absolute Gasteiger partial charge is 0.497 e. The molecule has 0 aromatic heterocycles. The second kappa shape index (κ2) is 6.68. The van der Waals surface area contributed by atoms with Crippen LogP contribution in [0.15, 0.2) is 48.5 Å². The SMILES string of the molecule is COc1ccc(OP(=S)(Cl)Oc2ccc(Cl)cc2)cc1. The van der Waals surface area contributed by atoms with Gasteiger partial charge in [0.2, 0.25) is 0 Å². The van der Waals surface area contributed by atoms with Gasteiger partial charge in [0.25, 0.3) is 0 Å². The van der Waals surface area contributed by atoms with Crippen molar-refractivity contribution < 1.29 is 13.8 Å². The fourth-order valence-corrected chi connectivity index (χ4v) is 3.31. The lowest BCUT2D eigenvalue weighted by Gasteiger charge is -2.17. The van der Waals surface area contributed by atoms with Crippen LogP contribution in [0.3, 0.4) is 0 Å². The average molecular weight is 349 g/mol. The monoisotopic (exact) mass is 348 g/mol. The molecule has 106 valence electrons. The van der Waals surface area contributed by atoms with Gasteiger partial charge in [0.1, 0.15) is 17.2 Å². The molecule has 0 saturated carbocycles. The number of methoxy groups -OCH3 is 1. The quantitative estimate of drug-likeness (QED) is 0.688. The molecular formula is C13H11Cl2O3PS. The van der Waals surface area contributed by atoms with E-state index < -0.39 is 5.84 Å². The van der Waals surface area contributed by atoms with E-state index in [0.29, 0.717) is 16.5 Å². The second-order valence-electron chi connectivity index (χ2n) is 3.74. The molecule has 2 rings (SSSR count). The molecule has 0 aliphatic heterocycles. The van der Waals surface area contributed by atoms with Gasteiger partial charge in [-0.15, -0.1) is 0 Å². The normalized spacial score (nSPS) is 13.3. The Kier molecular flexibility index (Phi) is 5.17. The van der Waals surface area contributed by atoms with Crippen LogP contribution < -0.4 is 13.8 Å². The summed E-state index contributed by atoms with van der Waals surface area (Å²) in [5, 5.41) is 0.608. The van der Waals surface area contributed by atoms with Crippen LogP contribution in [0, 0.1) is 0 Å². The minimum atomic E-state index is -2.95. The first-order chi connectivity index (χ1) is 9.48. The lowest BCUT2D eigenvalue weighted by molar-refractivity contribution is 0.414. The first-order valence-corrected chi connectivity index (χ1v) is 9.49. The number of hydrogen-bond donors (Lipinski definition) is 0. The Balaban J connectivity index is 2.06. The van der Waals surface area contributed by atoms with Crippen molar-refractivity contribution >= 4 is 40.5 Å². The molecule has 0 amide bonds. The molecule has 7 heteroatoms. The molecule has 0 spiro atoms. The minimum absolute atomic E-state index is 0.515. The summed E-state index contributed by atoms with van der Waals surface area (Å²) < 4.78 is 16.1. The standard InChI is InChI=1S/C13H11Cl2O3PS/c1-16-11-6-8-13(9-7-11)18-19(15,20)17-12-4-2-10(14)3-5-12/h2-9H,1H3. The highest BCUT2D eigenvalue weighted by atomic mass is 35.7. The summed E-state index contributed by atoms with van der Waals surface area (Å²) >= 11 is 17.1. The Hall–Kier alpha value is -0.930. The molecule has 20 heavy (non-hydrogen) atoms. The van der Waals surface area contributed by atoms with Gasteiger partial charge in [-0.1, -0.05) is 11.6 Å². The molecule has 3 nitrogen and oxygen atoms in total. The molecular weight excluding hydrogens is 338 g/mol. The molecule has 2 aromatic carbocycles. The van der Waals surface area contributed by atoms with E-state index in [0.717, 1.165) is 5.75 Å². The lowest BCUT2D eigenvalue weighted by Crippen LogP contribution is -1.95. The van der Waals surface area contributed by atoms with E-state index in [2.05, 4.69) is 0 Å². The van der Waals surface area contributed by atoms with E-state index in [-0.39, 0.29) is 0 Å². The van der Waals surface area contributed by atoms with Gasteiger partial charge in [-0.05, 0) is 59.8 Å². The van der Waals surface area contributed by atoms with Crippen LogP contribution in [-0.2, 0) is 11.8 Å². The topological polar surface area (TPSA) is 27.7 Å². The van der Waals surface area contributed by atoms with E-state index in [1.54, 1.807) is 55.6 Å². The van der Waals surface area contributed by atoms with E-state index in [1.807, 2.05) is 0 Å². The molecule has 0 fully saturated rings. The molecule has 0 N–H and O–H groups in total. The fraction of sp³-hybridized carbons (Fsp3) is 0.0769. The molecule has 1 atom stereocenters. The highest BCUT2D eigenvalue weighted by molar-refractivity contribution is 8.22. The van der Waals surface area contributed by atoms with Crippen molar-refractivity contribution in [3.05, 3.63) is 53.6 Å². The van der Waals surface area contributed by atoms with Crippen LogP contribution in [0.5, 0.6) is 17.2 Å². The number of halogens is 2. The van der Waals surface area contributed by atoms with Gasteiger partial charge in [-0.2, -0.15) is 0 Å². The highest BCUT2D eigenvalue weighted by Crippen LogP contribution is 2.53. The second-order valence-corrected chi connectivity index (χ2v) is 8.78. The molecule has 0 bridgehead atoms. The molecule has 0 aliphatic carbocycles. The summed E-state index contributed by atoms with van der Waals surface area (Å²) in [4.78, 5) is 0. The molecule has 0 radical (unpaired) electrons. The Bertz CT molecular complexity index is 617. The van der Waals surface area contributed by atoms with E-state index in [4.69, 9.17) is 48.4 Å². The van der Waals surface area contributed by atoms with Gasteiger partial charge in [0.05, 0.1) is 7.11 Å². The maximum atomic E-state index is 6.14. The third kappa shape index (κ3) is 4.57. The van der Waals surface area contributed by atoms with Crippen LogP contribution >= 0.6 is 28.7 Å². The van der Waals surface area contributed by atoms with Gasteiger partial charge in [-0.3, -0.25) is 0 Å². The van der Waals surface area contributed by atoms with Crippen molar-refractivity contribution in [1.29, 1.82) is 0 Å². The summed E-state index contributed by atoms with van der Waals surface area (Å²) in [5.41, 5.74) is 0. The smallest absolute Gasteiger partial charge is 0.384 e. The van der Waals surface area contributed by atoms with Crippen LogP contribution in [0.4, 0.5) is 0 Å². The van der Waals surface area contributed by atoms with Crippen molar-refractivity contribution in [1.82, 2.24) is 0 Å². The Morgan fingerprint density at radius 1 is 0.850 bits per heavy atom. The summed E-state index contributed by atoms with van der Waals surface area (Å²) in [5.74, 6) is -1.19. The van der Waals surface area contributed by atoms with Crippen LogP contribution in [0.2, 0.25) is 5.02 Å². The van der Waals surface area contributed by atoms with Crippen molar-refractivity contribution in [2.75, 3.05) is 7.11 Å². The van der Waals surface area contributed by atoms with Gasteiger partial charge in [0, 0.05) is 16.8 Å². The van der Waals surface area contributed by atoms with E-state index in [9.17, 15) is 0 Å². The van der Waals surface area contributed by atoms with Crippen molar-refractivity contribution in [2.24, 2.45) is 0 Å². The molecule has 1 unspecified atom stereocenters. The zero-order valence-corrected chi connectivity index (χ0v) is 13.7. The average Bonchev–Trinajstić information content (AvgIpc) is 2.41.